The molecule has 0 fully saturated rings. The monoisotopic (exact) mass is 477 g/mol. The van der Waals surface area contributed by atoms with E-state index in [1.54, 1.807) is 24.3 Å². The highest BCUT2D eigenvalue weighted by molar-refractivity contribution is 6.34. The maximum Gasteiger partial charge on any atom is 0.269 e. The maximum atomic E-state index is 13.4. The number of rotatable bonds is 8. The van der Waals surface area contributed by atoms with Crippen LogP contribution in [0.3, 0.4) is 0 Å². The van der Waals surface area contributed by atoms with Gasteiger partial charge in [0.05, 0.1) is 17.2 Å². The standard InChI is InChI=1S/C21H18ClF2N5O4/c22-14-8-16(24)15(23)7-13(14)20(32)27-18-9-17(28-29-18)21(33)26-10-11-1-3-12(4-2-11)19(31)25-5-6-30/h1-4,7-9,30H,5-6,10H2,(H,25,31)(H,26,33)(H2,27,28,29,32). The number of aliphatic hydroxyl groups excluding tert-OH is 1. The summed E-state index contributed by atoms with van der Waals surface area (Å²) in [6.07, 6.45) is 0. The summed E-state index contributed by atoms with van der Waals surface area (Å²) in [5.41, 5.74) is 0.886. The first-order valence-corrected chi connectivity index (χ1v) is 9.93. The molecule has 0 radical (unpaired) electrons. The number of amides is 3. The third-order valence-corrected chi connectivity index (χ3v) is 4.70. The van der Waals surface area contributed by atoms with Crippen molar-refractivity contribution >= 4 is 35.1 Å². The van der Waals surface area contributed by atoms with Gasteiger partial charge in [0.25, 0.3) is 17.7 Å². The van der Waals surface area contributed by atoms with Gasteiger partial charge >= 0.3 is 0 Å². The normalized spacial score (nSPS) is 10.5. The Hall–Kier alpha value is -3.83. The Balaban J connectivity index is 1.56. The molecule has 0 bridgehead atoms. The fourth-order valence-corrected chi connectivity index (χ4v) is 2.94. The molecule has 0 unspecified atom stereocenters. The topological polar surface area (TPSA) is 136 Å². The molecule has 3 amide bonds. The van der Waals surface area contributed by atoms with Crippen LogP contribution in [0.15, 0.2) is 42.5 Å². The second kappa shape index (κ2) is 10.7. The number of aromatic amines is 1. The summed E-state index contributed by atoms with van der Waals surface area (Å²) in [6, 6.07) is 9.10. The SMILES string of the molecule is O=C(NCCO)c1ccc(CNC(=O)c2cc(NC(=O)c3cc(F)c(F)cc3Cl)n[nH]2)cc1. The number of carbonyl (C=O) groups is 3. The van der Waals surface area contributed by atoms with Crippen LogP contribution in [0.4, 0.5) is 14.6 Å². The van der Waals surface area contributed by atoms with Crippen LogP contribution in [-0.2, 0) is 6.54 Å². The number of hydrogen-bond donors (Lipinski definition) is 5. The molecule has 2 aromatic carbocycles. The molecule has 0 saturated heterocycles. The van der Waals surface area contributed by atoms with Crippen LogP contribution in [0.25, 0.3) is 0 Å². The molecule has 172 valence electrons. The number of aliphatic hydroxyl groups is 1. The Bertz CT molecular complexity index is 1180. The minimum atomic E-state index is -1.23. The van der Waals surface area contributed by atoms with E-state index in [4.69, 9.17) is 16.7 Å². The Morgan fingerprint density at radius 3 is 2.36 bits per heavy atom. The van der Waals surface area contributed by atoms with Crippen LogP contribution in [0.2, 0.25) is 5.02 Å². The van der Waals surface area contributed by atoms with Crippen LogP contribution in [0.5, 0.6) is 0 Å². The summed E-state index contributed by atoms with van der Waals surface area (Å²) < 4.78 is 26.5. The van der Waals surface area contributed by atoms with Crippen molar-refractivity contribution in [3.8, 4) is 0 Å². The number of aromatic nitrogens is 2. The van der Waals surface area contributed by atoms with Gasteiger partial charge in [0.1, 0.15) is 5.69 Å². The van der Waals surface area contributed by atoms with Crippen LogP contribution >= 0.6 is 11.6 Å². The average molecular weight is 478 g/mol. The van der Waals surface area contributed by atoms with Gasteiger partial charge in [0.2, 0.25) is 0 Å². The van der Waals surface area contributed by atoms with Gasteiger partial charge in [-0.2, -0.15) is 5.10 Å². The van der Waals surface area contributed by atoms with Crippen molar-refractivity contribution in [2.75, 3.05) is 18.5 Å². The molecule has 5 N–H and O–H groups in total. The van der Waals surface area contributed by atoms with Crippen LogP contribution in [0.1, 0.15) is 36.8 Å². The molecule has 0 aliphatic carbocycles. The van der Waals surface area contributed by atoms with Gasteiger partial charge in [0, 0.05) is 24.7 Å². The number of nitrogens with one attached hydrogen (secondary N) is 4. The molecule has 33 heavy (non-hydrogen) atoms. The minimum Gasteiger partial charge on any atom is -0.395 e. The van der Waals surface area contributed by atoms with Crippen LogP contribution < -0.4 is 16.0 Å². The Morgan fingerprint density at radius 1 is 0.970 bits per heavy atom. The third-order valence-electron chi connectivity index (χ3n) is 4.39. The summed E-state index contributed by atoms with van der Waals surface area (Å²) in [5.74, 6) is -4.11. The van der Waals surface area contributed by atoms with Crippen molar-refractivity contribution in [1.29, 1.82) is 0 Å². The molecule has 3 rings (SSSR count). The van der Waals surface area contributed by atoms with E-state index in [0.29, 0.717) is 17.7 Å². The number of benzene rings is 2. The molecule has 3 aromatic rings. The van der Waals surface area contributed by atoms with Crippen LogP contribution in [-0.4, -0.2) is 46.2 Å². The van der Waals surface area contributed by atoms with E-state index in [0.717, 1.165) is 5.56 Å². The Morgan fingerprint density at radius 2 is 1.67 bits per heavy atom. The van der Waals surface area contributed by atoms with E-state index in [2.05, 4.69) is 26.1 Å². The predicted molar refractivity (Wildman–Crippen MR) is 115 cm³/mol. The number of carbonyl (C=O) groups excluding carboxylic acids is 3. The smallest absolute Gasteiger partial charge is 0.269 e. The fraction of sp³-hybridized carbons (Fsp3) is 0.143. The van der Waals surface area contributed by atoms with Gasteiger partial charge in [0.15, 0.2) is 17.5 Å². The summed E-state index contributed by atoms with van der Waals surface area (Å²) in [7, 11) is 0. The van der Waals surface area contributed by atoms with Gasteiger partial charge in [-0.15, -0.1) is 0 Å². The molecule has 0 aliphatic rings. The highest BCUT2D eigenvalue weighted by Crippen LogP contribution is 2.21. The first-order chi connectivity index (χ1) is 15.8. The van der Waals surface area contributed by atoms with Crippen LogP contribution in [0, 0.1) is 11.6 Å². The molecule has 1 heterocycles. The van der Waals surface area contributed by atoms with Crippen molar-refractivity contribution in [2.45, 2.75) is 6.54 Å². The van der Waals surface area contributed by atoms with Gasteiger partial charge < -0.3 is 21.1 Å². The van der Waals surface area contributed by atoms with E-state index in [9.17, 15) is 23.2 Å². The molecule has 0 aliphatic heterocycles. The van der Waals surface area contributed by atoms with E-state index in [1.165, 1.54) is 6.07 Å². The lowest BCUT2D eigenvalue weighted by Gasteiger charge is -2.06. The maximum absolute atomic E-state index is 13.4. The summed E-state index contributed by atoms with van der Waals surface area (Å²) in [6.45, 7) is 0.146. The largest absolute Gasteiger partial charge is 0.395 e. The molecular weight excluding hydrogens is 460 g/mol. The number of nitrogens with zero attached hydrogens (tertiary/aromatic N) is 1. The van der Waals surface area contributed by atoms with Crippen molar-refractivity contribution in [1.82, 2.24) is 20.8 Å². The van der Waals surface area contributed by atoms with Gasteiger partial charge in [-0.25, -0.2) is 8.78 Å². The molecule has 0 atom stereocenters. The van der Waals surface area contributed by atoms with E-state index in [-0.39, 0.29) is 47.7 Å². The Kier molecular flexibility index (Phi) is 7.70. The van der Waals surface area contributed by atoms with Crippen molar-refractivity contribution in [3.63, 3.8) is 0 Å². The summed E-state index contributed by atoms with van der Waals surface area (Å²) in [5, 5.41) is 22.2. The fourth-order valence-electron chi connectivity index (χ4n) is 2.71. The lowest BCUT2D eigenvalue weighted by Crippen LogP contribution is -2.26. The van der Waals surface area contributed by atoms with Crippen molar-refractivity contribution in [2.24, 2.45) is 0 Å². The van der Waals surface area contributed by atoms with Gasteiger partial charge in [-0.1, -0.05) is 23.7 Å². The van der Waals surface area contributed by atoms with E-state index in [1.807, 2.05) is 0 Å². The molecule has 12 heteroatoms. The quantitative estimate of drug-likeness (QED) is 0.317. The lowest BCUT2D eigenvalue weighted by atomic mass is 10.1. The van der Waals surface area contributed by atoms with E-state index >= 15 is 0 Å². The van der Waals surface area contributed by atoms with Crippen molar-refractivity contribution in [3.05, 3.63) is 81.5 Å². The first-order valence-electron chi connectivity index (χ1n) is 9.56. The average Bonchev–Trinajstić information content (AvgIpc) is 3.27. The van der Waals surface area contributed by atoms with Gasteiger partial charge in [-0.3, -0.25) is 19.5 Å². The lowest BCUT2D eigenvalue weighted by molar-refractivity contribution is 0.0936. The number of anilines is 1. The number of halogens is 3. The second-order valence-corrected chi connectivity index (χ2v) is 7.13. The van der Waals surface area contributed by atoms with Gasteiger partial charge in [-0.05, 0) is 29.8 Å². The Labute approximate surface area is 191 Å². The zero-order valence-corrected chi connectivity index (χ0v) is 17.7. The predicted octanol–water partition coefficient (Wildman–Crippen LogP) is 2.25. The molecule has 0 saturated carbocycles. The first kappa shape index (κ1) is 23.8. The zero-order valence-electron chi connectivity index (χ0n) is 16.9. The summed E-state index contributed by atoms with van der Waals surface area (Å²) >= 11 is 5.78. The highest BCUT2D eigenvalue weighted by Gasteiger charge is 2.17. The van der Waals surface area contributed by atoms with Crippen molar-refractivity contribution < 1.29 is 28.3 Å². The minimum absolute atomic E-state index is 0.0239. The zero-order chi connectivity index (χ0) is 24.0. The van der Waals surface area contributed by atoms with E-state index < -0.39 is 23.4 Å². The second-order valence-electron chi connectivity index (χ2n) is 6.73. The third kappa shape index (κ3) is 6.11. The number of hydrogen-bond acceptors (Lipinski definition) is 5. The molecular formula is C21H18ClF2N5O4. The summed E-state index contributed by atoms with van der Waals surface area (Å²) in [4.78, 5) is 36.4. The number of H-pyrrole nitrogens is 1. The molecule has 1 aromatic heterocycles. The highest BCUT2D eigenvalue weighted by atomic mass is 35.5. The molecule has 9 nitrogen and oxygen atoms in total. The molecule has 0 spiro atoms.